The molecule has 0 amide bonds. The number of hydrogen-bond acceptors (Lipinski definition) is 4. The van der Waals surface area contributed by atoms with Crippen LogP contribution in [0.4, 0.5) is 0 Å². The van der Waals surface area contributed by atoms with Gasteiger partial charge < -0.3 is 0 Å². The Hall–Kier alpha value is -0.960. The van der Waals surface area contributed by atoms with Crippen LogP contribution in [0, 0.1) is 0 Å². The summed E-state index contributed by atoms with van der Waals surface area (Å²) in [4.78, 5) is 0. The summed E-state index contributed by atoms with van der Waals surface area (Å²) in [6.07, 6.45) is 1.09. The Labute approximate surface area is 127 Å². The van der Waals surface area contributed by atoms with E-state index in [4.69, 9.17) is 0 Å². The predicted octanol–water partition coefficient (Wildman–Crippen LogP) is 0.949. The standard InChI is InChI=1S/C13H22N2O4S2/c1-4-15(5-2)21(18,19)14-13(11-20(3,16)17)12-9-7-6-8-10-12/h6-10,13-14H,4-5,11H2,1-3H3/t13-/m0/s1. The van der Waals surface area contributed by atoms with Crippen LogP contribution in [0.5, 0.6) is 0 Å². The molecular weight excluding hydrogens is 312 g/mol. The van der Waals surface area contributed by atoms with E-state index < -0.39 is 26.1 Å². The van der Waals surface area contributed by atoms with Crippen molar-refractivity contribution in [2.24, 2.45) is 0 Å². The molecule has 0 fully saturated rings. The van der Waals surface area contributed by atoms with Crippen LogP contribution in [0.1, 0.15) is 25.5 Å². The molecule has 8 heteroatoms. The number of hydrogen-bond donors (Lipinski definition) is 1. The lowest BCUT2D eigenvalue weighted by atomic mass is 10.1. The maximum Gasteiger partial charge on any atom is 0.280 e. The Balaban J connectivity index is 3.09. The van der Waals surface area contributed by atoms with Crippen LogP contribution in [-0.4, -0.2) is 46.2 Å². The molecule has 1 aromatic rings. The molecule has 1 rings (SSSR count). The first-order valence-electron chi connectivity index (χ1n) is 6.69. The minimum absolute atomic E-state index is 0.280. The van der Waals surface area contributed by atoms with Crippen molar-refractivity contribution in [1.29, 1.82) is 0 Å². The van der Waals surface area contributed by atoms with Crippen molar-refractivity contribution in [3.63, 3.8) is 0 Å². The number of nitrogens with one attached hydrogen (secondary N) is 1. The number of rotatable bonds is 8. The van der Waals surface area contributed by atoms with Crippen LogP contribution in [0.25, 0.3) is 0 Å². The van der Waals surface area contributed by atoms with Gasteiger partial charge in [-0.05, 0) is 5.56 Å². The highest BCUT2D eigenvalue weighted by Crippen LogP contribution is 2.17. The van der Waals surface area contributed by atoms with Crippen LogP contribution in [0.2, 0.25) is 0 Å². The molecule has 0 radical (unpaired) electrons. The molecule has 0 unspecified atom stereocenters. The summed E-state index contributed by atoms with van der Waals surface area (Å²) in [6, 6.07) is 7.90. The Morgan fingerprint density at radius 3 is 2.00 bits per heavy atom. The van der Waals surface area contributed by atoms with E-state index in [0.717, 1.165) is 6.26 Å². The van der Waals surface area contributed by atoms with E-state index in [2.05, 4.69) is 4.72 Å². The van der Waals surface area contributed by atoms with Gasteiger partial charge in [0.15, 0.2) is 0 Å². The topological polar surface area (TPSA) is 83.6 Å². The van der Waals surface area contributed by atoms with Crippen molar-refractivity contribution < 1.29 is 16.8 Å². The Bertz CT molecular complexity index is 638. The fourth-order valence-corrected chi connectivity index (χ4v) is 4.40. The monoisotopic (exact) mass is 334 g/mol. The maximum absolute atomic E-state index is 12.3. The average Bonchev–Trinajstić information content (AvgIpc) is 2.38. The largest absolute Gasteiger partial charge is 0.280 e. The second kappa shape index (κ2) is 7.35. The van der Waals surface area contributed by atoms with E-state index in [0.29, 0.717) is 18.7 Å². The Kier molecular flexibility index (Phi) is 6.33. The highest BCUT2D eigenvalue weighted by atomic mass is 32.2. The highest BCUT2D eigenvalue weighted by molar-refractivity contribution is 7.90. The molecule has 0 saturated carbocycles. The van der Waals surface area contributed by atoms with E-state index in [1.165, 1.54) is 4.31 Å². The van der Waals surface area contributed by atoms with Crippen molar-refractivity contribution in [1.82, 2.24) is 9.03 Å². The molecule has 0 aromatic heterocycles. The van der Waals surface area contributed by atoms with E-state index in [9.17, 15) is 16.8 Å². The first kappa shape index (κ1) is 18.1. The number of benzene rings is 1. The smallest absolute Gasteiger partial charge is 0.229 e. The molecule has 21 heavy (non-hydrogen) atoms. The minimum Gasteiger partial charge on any atom is -0.229 e. The summed E-state index contributed by atoms with van der Waals surface area (Å²) >= 11 is 0. The fourth-order valence-electron chi connectivity index (χ4n) is 2.00. The van der Waals surface area contributed by atoms with Crippen LogP contribution < -0.4 is 4.72 Å². The van der Waals surface area contributed by atoms with Gasteiger partial charge in [0.1, 0.15) is 9.84 Å². The zero-order chi connectivity index (χ0) is 16.1. The molecule has 0 aliphatic rings. The van der Waals surface area contributed by atoms with Crippen molar-refractivity contribution in [2.75, 3.05) is 25.1 Å². The molecule has 0 heterocycles. The molecule has 120 valence electrons. The van der Waals surface area contributed by atoms with Crippen molar-refractivity contribution >= 4 is 20.0 Å². The fraction of sp³-hybridized carbons (Fsp3) is 0.538. The van der Waals surface area contributed by atoms with Gasteiger partial charge in [-0.1, -0.05) is 44.2 Å². The highest BCUT2D eigenvalue weighted by Gasteiger charge is 2.26. The predicted molar refractivity (Wildman–Crippen MR) is 83.9 cm³/mol. The van der Waals surface area contributed by atoms with Gasteiger partial charge in [0, 0.05) is 19.3 Å². The molecular formula is C13H22N2O4S2. The van der Waals surface area contributed by atoms with Gasteiger partial charge >= 0.3 is 0 Å². The first-order valence-corrected chi connectivity index (χ1v) is 10.2. The molecule has 0 aliphatic carbocycles. The summed E-state index contributed by atoms with van der Waals surface area (Å²) in [5.74, 6) is -0.280. The number of nitrogens with zero attached hydrogens (tertiary/aromatic N) is 1. The molecule has 1 atom stereocenters. The Morgan fingerprint density at radius 1 is 1.05 bits per heavy atom. The normalized spacial score (nSPS) is 14.3. The van der Waals surface area contributed by atoms with Crippen LogP contribution >= 0.6 is 0 Å². The van der Waals surface area contributed by atoms with Gasteiger partial charge in [-0.25, -0.2) is 8.42 Å². The molecule has 1 aromatic carbocycles. The van der Waals surface area contributed by atoms with Crippen molar-refractivity contribution in [3.05, 3.63) is 35.9 Å². The lowest BCUT2D eigenvalue weighted by Gasteiger charge is -2.24. The second-order valence-corrected chi connectivity index (χ2v) is 8.65. The lowest BCUT2D eigenvalue weighted by molar-refractivity contribution is 0.429. The Morgan fingerprint density at radius 2 is 1.57 bits per heavy atom. The van der Waals surface area contributed by atoms with Crippen LogP contribution in [0.15, 0.2) is 30.3 Å². The van der Waals surface area contributed by atoms with Gasteiger partial charge in [0.25, 0.3) is 10.2 Å². The number of sulfone groups is 1. The van der Waals surface area contributed by atoms with Gasteiger partial charge in [0.05, 0.1) is 11.8 Å². The van der Waals surface area contributed by atoms with E-state index in [-0.39, 0.29) is 5.75 Å². The third-order valence-corrected chi connectivity index (χ3v) is 5.73. The lowest BCUT2D eigenvalue weighted by Crippen LogP contribution is -2.43. The summed E-state index contributed by atoms with van der Waals surface area (Å²) in [7, 11) is -7.05. The summed E-state index contributed by atoms with van der Waals surface area (Å²) in [5, 5.41) is 0. The van der Waals surface area contributed by atoms with Crippen molar-refractivity contribution in [3.8, 4) is 0 Å². The average molecular weight is 334 g/mol. The molecule has 1 N–H and O–H groups in total. The third-order valence-electron chi connectivity index (χ3n) is 3.01. The maximum atomic E-state index is 12.3. The van der Waals surface area contributed by atoms with Gasteiger partial charge in [-0.2, -0.15) is 17.4 Å². The van der Waals surface area contributed by atoms with E-state index in [1.807, 2.05) is 0 Å². The molecule has 6 nitrogen and oxygen atoms in total. The molecule has 0 bridgehead atoms. The summed E-state index contributed by atoms with van der Waals surface area (Å²) < 4.78 is 51.4. The third kappa shape index (κ3) is 5.74. The van der Waals surface area contributed by atoms with Gasteiger partial charge in [0.2, 0.25) is 0 Å². The molecule has 0 saturated heterocycles. The van der Waals surface area contributed by atoms with Crippen molar-refractivity contribution in [2.45, 2.75) is 19.9 Å². The first-order chi connectivity index (χ1) is 9.69. The quantitative estimate of drug-likeness (QED) is 0.767. The van der Waals surface area contributed by atoms with E-state index in [1.54, 1.807) is 44.2 Å². The second-order valence-electron chi connectivity index (χ2n) is 4.76. The zero-order valence-corrected chi connectivity index (χ0v) is 14.1. The SMILES string of the molecule is CCN(CC)S(=O)(=O)N[C@@H](CS(C)(=O)=O)c1ccccc1. The summed E-state index contributed by atoms with van der Waals surface area (Å²) in [5.41, 5.74) is 0.624. The zero-order valence-electron chi connectivity index (χ0n) is 12.5. The molecule has 0 spiro atoms. The molecule has 0 aliphatic heterocycles. The summed E-state index contributed by atoms with van der Waals surface area (Å²) in [6.45, 7) is 4.12. The van der Waals surface area contributed by atoms with E-state index >= 15 is 0 Å². The van der Waals surface area contributed by atoms with Gasteiger partial charge in [-0.15, -0.1) is 0 Å². The van der Waals surface area contributed by atoms with Crippen LogP contribution in [0.3, 0.4) is 0 Å². The van der Waals surface area contributed by atoms with Crippen LogP contribution in [-0.2, 0) is 20.0 Å². The van der Waals surface area contributed by atoms with Gasteiger partial charge in [-0.3, -0.25) is 0 Å². The minimum atomic E-state index is -3.72.